The Morgan fingerprint density at radius 3 is 2.09 bits per heavy atom. The number of benzene rings is 1. The SMILES string of the molecule is COc1ccc(CCCN=C(N(C)C)N(C)C)cc1OC.I. The van der Waals surface area contributed by atoms with Gasteiger partial charge >= 0.3 is 0 Å². The first-order chi connectivity index (χ1) is 9.99. The number of methoxy groups -OCH3 is 2. The quantitative estimate of drug-likeness (QED) is 0.307. The molecule has 0 bridgehead atoms. The zero-order valence-electron chi connectivity index (χ0n) is 14.4. The van der Waals surface area contributed by atoms with Gasteiger partial charge in [-0.2, -0.15) is 0 Å². The Hall–Kier alpha value is -1.18. The zero-order valence-corrected chi connectivity index (χ0v) is 16.8. The topological polar surface area (TPSA) is 37.3 Å². The first-order valence-corrected chi connectivity index (χ1v) is 7.09. The highest BCUT2D eigenvalue weighted by atomic mass is 127. The summed E-state index contributed by atoms with van der Waals surface area (Å²) < 4.78 is 10.6. The van der Waals surface area contributed by atoms with Gasteiger partial charge in [-0.3, -0.25) is 4.99 Å². The van der Waals surface area contributed by atoms with Crippen molar-refractivity contribution < 1.29 is 9.47 Å². The predicted octanol–water partition coefficient (Wildman–Crippen LogP) is 2.73. The summed E-state index contributed by atoms with van der Waals surface area (Å²) in [6, 6.07) is 6.05. The minimum absolute atomic E-state index is 0. The number of hydrogen-bond donors (Lipinski definition) is 0. The average molecular weight is 421 g/mol. The van der Waals surface area contributed by atoms with E-state index in [1.165, 1.54) is 5.56 Å². The van der Waals surface area contributed by atoms with E-state index in [1.54, 1.807) is 14.2 Å². The van der Waals surface area contributed by atoms with Crippen molar-refractivity contribution in [1.82, 2.24) is 9.80 Å². The van der Waals surface area contributed by atoms with E-state index in [0.29, 0.717) is 0 Å². The Balaban J connectivity index is 0.00000441. The molecule has 0 N–H and O–H groups in total. The molecule has 6 heteroatoms. The van der Waals surface area contributed by atoms with Gasteiger partial charge in [0.25, 0.3) is 0 Å². The molecule has 0 aromatic heterocycles. The van der Waals surface area contributed by atoms with Gasteiger partial charge in [0.05, 0.1) is 14.2 Å². The second kappa shape index (κ2) is 10.5. The normalized spacial score (nSPS) is 9.55. The maximum Gasteiger partial charge on any atom is 0.195 e. The lowest BCUT2D eigenvalue weighted by molar-refractivity contribution is 0.354. The van der Waals surface area contributed by atoms with Crippen LogP contribution in [0.25, 0.3) is 0 Å². The van der Waals surface area contributed by atoms with Crippen molar-refractivity contribution in [2.45, 2.75) is 12.8 Å². The molecule has 1 aromatic rings. The minimum Gasteiger partial charge on any atom is -0.493 e. The van der Waals surface area contributed by atoms with E-state index in [0.717, 1.165) is 36.8 Å². The van der Waals surface area contributed by atoms with Crippen LogP contribution in [-0.2, 0) is 6.42 Å². The monoisotopic (exact) mass is 421 g/mol. The van der Waals surface area contributed by atoms with Crippen molar-refractivity contribution in [3.8, 4) is 11.5 Å². The molecule has 1 aromatic carbocycles. The Bertz CT molecular complexity index is 466. The minimum atomic E-state index is 0. The standard InChI is InChI=1S/C16H27N3O2.HI/c1-18(2)16(19(3)4)17-11-7-8-13-9-10-14(20-5)15(12-13)21-6;/h9-10,12H,7-8,11H2,1-6H3;1H. The summed E-state index contributed by atoms with van der Waals surface area (Å²) in [7, 11) is 11.3. The van der Waals surface area contributed by atoms with E-state index in [-0.39, 0.29) is 24.0 Å². The highest BCUT2D eigenvalue weighted by Gasteiger charge is 2.05. The lowest BCUT2D eigenvalue weighted by Crippen LogP contribution is -2.35. The fourth-order valence-electron chi connectivity index (χ4n) is 2.18. The van der Waals surface area contributed by atoms with Crippen LogP contribution in [0, 0.1) is 0 Å². The van der Waals surface area contributed by atoms with Crippen molar-refractivity contribution in [1.29, 1.82) is 0 Å². The van der Waals surface area contributed by atoms with E-state index < -0.39 is 0 Å². The van der Waals surface area contributed by atoms with E-state index in [1.807, 2.05) is 50.1 Å². The van der Waals surface area contributed by atoms with Crippen LogP contribution < -0.4 is 9.47 Å². The van der Waals surface area contributed by atoms with Crippen molar-refractivity contribution in [2.24, 2.45) is 4.99 Å². The number of nitrogens with zero attached hydrogens (tertiary/aromatic N) is 3. The van der Waals surface area contributed by atoms with E-state index in [4.69, 9.17) is 9.47 Å². The highest BCUT2D eigenvalue weighted by Crippen LogP contribution is 2.27. The van der Waals surface area contributed by atoms with Crippen LogP contribution in [-0.4, -0.2) is 64.7 Å². The first-order valence-electron chi connectivity index (χ1n) is 7.09. The van der Waals surface area contributed by atoms with Gasteiger partial charge in [0.2, 0.25) is 0 Å². The second-order valence-corrected chi connectivity index (χ2v) is 5.26. The van der Waals surface area contributed by atoms with Gasteiger partial charge in [0, 0.05) is 34.7 Å². The molecule has 0 unspecified atom stereocenters. The summed E-state index contributed by atoms with van der Waals surface area (Å²) in [6.07, 6.45) is 1.97. The second-order valence-electron chi connectivity index (χ2n) is 5.26. The summed E-state index contributed by atoms with van der Waals surface area (Å²) in [4.78, 5) is 8.68. The number of halogens is 1. The molecule has 22 heavy (non-hydrogen) atoms. The fourth-order valence-corrected chi connectivity index (χ4v) is 2.18. The van der Waals surface area contributed by atoms with Gasteiger partial charge < -0.3 is 19.3 Å². The van der Waals surface area contributed by atoms with Gasteiger partial charge in [0.1, 0.15) is 0 Å². The van der Waals surface area contributed by atoms with Crippen LogP contribution in [0.15, 0.2) is 23.2 Å². The summed E-state index contributed by atoms with van der Waals surface area (Å²) in [6.45, 7) is 0.806. The van der Waals surface area contributed by atoms with E-state index in [9.17, 15) is 0 Å². The lowest BCUT2D eigenvalue weighted by Gasteiger charge is -2.22. The first kappa shape index (κ1) is 20.8. The number of aliphatic imine (C=N–C) groups is 1. The Morgan fingerprint density at radius 2 is 1.59 bits per heavy atom. The smallest absolute Gasteiger partial charge is 0.195 e. The lowest BCUT2D eigenvalue weighted by atomic mass is 10.1. The molecule has 0 spiro atoms. The molecule has 5 nitrogen and oxygen atoms in total. The van der Waals surface area contributed by atoms with Gasteiger partial charge in [0.15, 0.2) is 17.5 Å². The van der Waals surface area contributed by atoms with Crippen LogP contribution >= 0.6 is 24.0 Å². The van der Waals surface area contributed by atoms with Crippen LogP contribution in [0.2, 0.25) is 0 Å². The molecule has 0 aliphatic carbocycles. The third-order valence-corrected chi connectivity index (χ3v) is 3.12. The Labute approximate surface area is 151 Å². The van der Waals surface area contributed by atoms with Crippen molar-refractivity contribution in [2.75, 3.05) is 49.0 Å². The molecule has 0 heterocycles. The summed E-state index contributed by atoms with van der Waals surface area (Å²) in [5.74, 6) is 2.53. The summed E-state index contributed by atoms with van der Waals surface area (Å²) in [5.41, 5.74) is 1.24. The molecule has 0 fully saturated rings. The molecule has 0 amide bonds. The Kier molecular flexibility index (Phi) is 9.97. The molecule has 0 aliphatic rings. The molecular formula is C16H28IN3O2. The number of aryl methyl sites for hydroxylation is 1. The van der Waals surface area contributed by atoms with Gasteiger partial charge in [-0.15, -0.1) is 24.0 Å². The third kappa shape index (κ3) is 6.29. The van der Waals surface area contributed by atoms with Crippen molar-refractivity contribution in [3.05, 3.63) is 23.8 Å². The number of rotatable bonds is 6. The van der Waals surface area contributed by atoms with Crippen molar-refractivity contribution in [3.63, 3.8) is 0 Å². The summed E-state index contributed by atoms with van der Waals surface area (Å²) in [5, 5.41) is 0. The van der Waals surface area contributed by atoms with Gasteiger partial charge in [-0.1, -0.05) is 6.07 Å². The number of hydrogen-bond acceptors (Lipinski definition) is 3. The highest BCUT2D eigenvalue weighted by molar-refractivity contribution is 14.0. The molecule has 0 aliphatic heterocycles. The molecule has 1 rings (SSSR count). The molecule has 0 saturated carbocycles. The molecule has 126 valence electrons. The van der Waals surface area contributed by atoms with Gasteiger partial charge in [-0.05, 0) is 30.5 Å². The predicted molar refractivity (Wildman–Crippen MR) is 103 cm³/mol. The maximum atomic E-state index is 5.32. The van der Waals surface area contributed by atoms with Crippen LogP contribution in [0.3, 0.4) is 0 Å². The average Bonchev–Trinajstić information content (AvgIpc) is 2.45. The molecular weight excluding hydrogens is 393 g/mol. The van der Waals surface area contributed by atoms with Gasteiger partial charge in [-0.25, -0.2) is 0 Å². The zero-order chi connectivity index (χ0) is 15.8. The molecule has 0 saturated heterocycles. The third-order valence-electron chi connectivity index (χ3n) is 3.12. The summed E-state index contributed by atoms with van der Waals surface area (Å²) >= 11 is 0. The number of guanidine groups is 1. The van der Waals surface area contributed by atoms with Crippen LogP contribution in [0.1, 0.15) is 12.0 Å². The van der Waals surface area contributed by atoms with Crippen LogP contribution in [0.5, 0.6) is 11.5 Å². The molecule has 0 atom stereocenters. The van der Waals surface area contributed by atoms with E-state index >= 15 is 0 Å². The Morgan fingerprint density at radius 1 is 1.00 bits per heavy atom. The van der Waals surface area contributed by atoms with Crippen molar-refractivity contribution >= 4 is 29.9 Å². The fraction of sp³-hybridized carbons (Fsp3) is 0.562. The van der Waals surface area contributed by atoms with Crippen LogP contribution in [0.4, 0.5) is 0 Å². The maximum absolute atomic E-state index is 5.32. The molecule has 0 radical (unpaired) electrons. The van der Waals surface area contributed by atoms with E-state index in [2.05, 4.69) is 11.1 Å². The number of ether oxygens (including phenoxy) is 2. The largest absolute Gasteiger partial charge is 0.493 e.